The van der Waals surface area contributed by atoms with E-state index in [9.17, 15) is 9.18 Å². The number of nitrogens with zero attached hydrogens (tertiary/aromatic N) is 2. The van der Waals surface area contributed by atoms with Crippen molar-refractivity contribution in [2.24, 2.45) is 0 Å². The highest BCUT2D eigenvalue weighted by Crippen LogP contribution is 2.24. The number of anilines is 1. The number of hydrogen-bond acceptors (Lipinski definition) is 4. The van der Waals surface area contributed by atoms with E-state index in [1.807, 2.05) is 32.9 Å². The van der Waals surface area contributed by atoms with Gasteiger partial charge in [-0.05, 0) is 68.7 Å². The number of halogens is 1. The standard InChI is InChI=1S/C20H20FN3O2/c1-5-26-20-18(19(25)23-15-10-14(21)7-6-11(15)2)22-16-8-12(3)13(4)9-17(16)24-20/h6-10H,5H2,1-4H3,(H,23,25). The number of benzene rings is 2. The van der Waals surface area contributed by atoms with Gasteiger partial charge in [0.25, 0.3) is 5.91 Å². The van der Waals surface area contributed by atoms with E-state index in [2.05, 4.69) is 15.3 Å². The lowest BCUT2D eigenvalue weighted by Crippen LogP contribution is -2.17. The molecule has 0 spiro atoms. The smallest absolute Gasteiger partial charge is 0.279 e. The Bertz CT molecular complexity index is 1000. The molecule has 1 heterocycles. The van der Waals surface area contributed by atoms with Crippen LogP contribution >= 0.6 is 0 Å². The highest BCUT2D eigenvalue weighted by molar-refractivity contribution is 6.05. The first-order chi connectivity index (χ1) is 12.4. The summed E-state index contributed by atoms with van der Waals surface area (Å²) >= 11 is 0. The molecule has 26 heavy (non-hydrogen) atoms. The topological polar surface area (TPSA) is 64.1 Å². The van der Waals surface area contributed by atoms with Crippen LogP contribution in [-0.2, 0) is 0 Å². The Morgan fingerprint density at radius 1 is 1.04 bits per heavy atom. The zero-order chi connectivity index (χ0) is 18.8. The van der Waals surface area contributed by atoms with Crippen molar-refractivity contribution in [3.8, 4) is 5.88 Å². The minimum atomic E-state index is -0.491. The van der Waals surface area contributed by atoms with Crippen LogP contribution in [0.25, 0.3) is 11.0 Å². The van der Waals surface area contributed by atoms with Crippen LogP contribution in [0.2, 0.25) is 0 Å². The van der Waals surface area contributed by atoms with Gasteiger partial charge in [0.05, 0.1) is 17.6 Å². The van der Waals surface area contributed by atoms with Gasteiger partial charge in [-0.3, -0.25) is 4.79 Å². The Morgan fingerprint density at radius 2 is 1.69 bits per heavy atom. The molecule has 0 fully saturated rings. The molecule has 0 atom stereocenters. The SMILES string of the molecule is CCOc1nc2cc(C)c(C)cc2nc1C(=O)Nc1cc(F)ccc1C. The maximum absolute atomic E-state index is 13.5. The monoisotopic (exact) mass is 353 g/mol. The molecular formula is C20H20FN3O2. The van der Waals surface area contributed by atoms with Gasteiger partial charge < -0.3 is 10.1 Å². The zero-order valence-electron chi connectivity index (χ0n) is 15.2. The van der Waals surface area contributed by atoms with Crippen molar-refractivity contribution in [2.75, 3.05) is 11.9 Å². The Balaban J connectivity index is 2.06. The van der Waals surface area contributed by atoms with E-state index in [4.69, 9.17) is 4.74 Å². The molecule has 5 nitrogen and oxygen atoms in total. The van der Waals surface area contributed by atoms with E-state index in [1.165, 1.54) is 12.1 Å². The van der Waals surface area contributed by atoms with Crippen LogP contribution in [0.15, 0.2) is 30.3 Å². The summed E-state index contributed by atoms with van der Waals surface area (Å²) in [5.74, 6) is -0.754. The highest BCUT2D eigenvalue weighted by atomic mass is 19.1. The Morgan fingerprint density at radius 3 is 2.35 bits per heavy atom. The molecule has 0 saturated carbocycles. The van der Waals surface area contributed by atoms with Crippen molar-refractivity contribution < 1.29 is 13.9 Å². The molecular weight excluding hydrogens is 333 g/mol. The number of aromatic nitrogens is 2. The van der Waals surface area contributed by atoms with Gasteiger partial charge in [0.1, 0.15) is 5.82 Å². The van der Waals surface area contributed by atoms with Crippen LogP contribution in [0.3, 0.4) is 0 Å². The van der Waals surface area contributed by atoms with E-state index in [1.54, 1.807) is 13.0 Å². The molecule has 6 heteroatoms. The molecule has 0 aliphatic rings. The second-order valence-corrected chi connectivity index (χ2v) is 6.15. The third kappa shape index (κ3) is 3.49. The first-order valence-corrected chi connectivity index (χ1v) is 8.38. The Labute approximate surface area is 151 Å². The second kappa shape index (κ2) is 7.07. The minimum absolute atomic E-state index is 0.0752. The summed E-state index contributed by atoms with van der Waals surface area (Å²) in [5.41, 5.74) is 4.63. The maximum Gasteiger partial charge on any atom is 0.279 e. The van der Waals surface area contributed by atoms with Crippen LogP contribution < -0.4 is 10.1 Å². The van der Waals surface area contributed by atoms with E-state index in [-0.39, 0.29) is 11.6 Å². The molecule has 0 aliphatic carbocycles. The average molecular weight is 353 g/mol. The molecule has 1 N–H and O–H groups in total. The Hall–Kier alpha value is -3.02. The molecule has 0 unspecified atom stereocenters. The summed E-state index contributed by atoms with van der Waals surface area (Å²) in [7, 11) is 0. The van der Waals surface area contributed by atoms with Crippen molar-refractivity contribution in [1.29, 1.82) is 0 Å². The first kappa shape index (κ1) is 17.8. The fourth-order valence-corrected chi connectivity index (χ4v) is 2.59. The summed E-state index contributed by atoms with van der Waals surface area (Å²) in [6.45, 7) is 7.92. The van der Waals surface area contributed by atoms with Gasteiger partial charge in [-0.2, -0.15) is 0 Å². The lowest BCUT2D eigenvalue weighted by Gasteiger charge is -2.12. The predicted molar refractivity (Wildman–Crippen MR) is 99.3 cm³/mol. The number of hydrogen-bond donors (Lipinski definition) is 1. The summed E-state index contributed by atoms with van der Waals surface area (Å²) in [5, 5.41) is 2.70. The molecule has 0 aliphatic heterocycles. The molecule has 134 valence electrons. The summed E-state index contributed by atoms with van der Waals surface area (Å²) in [6, 6.07) is 8.02. The molecule has 1 aromatic heterocycles. The predicted octanol–water partition coefficient (Wildman–Crippen LogP) is 4.35. The summed E-state index contributed by atoms with van der Waals surface area (Å²) in [4.78, 5) is 21.7. The van der Waals surface area contributed by atoms with Crippen LogP contribution in [0, 0.1) is 26.6 Å². The van der Waals surface area contributed by atoms with Crippen LogP contribution in [0.1, 0.15) is 34.1 Å². The molecule has 3 rings (SSSR count). The number of carbonyl (C=O) groups excluding carboxylic acids is 1. The van der Waals surface area contributed by atoms with Gasteiger partial charge in [0.2, 0.25) is 5.88 Å². The fraction of sp³-hybridized carbons (Fsp3) is 0.250. The quantitative estimate of drug-likeness (QED) is 0.757. The summed E-state index contributed by atoms with van der Waals surface area (Å²) in [6.07, 6.45) is 0. The lowest BCUT2D eigenvalue weighted by atomic mass is 10.1. The first-order valence-electron chi connectivity index (χ1n) is 8.38. The van der Waals surface area contributed by atoms with Crippen molar-refractivity contribution in [3.05, 3.63) is 58.5 Å². The third-order valence-electron chi connectivity index (χ3n) is 4.19. The minimum Gasteiger partial charge on any atom is -0.476 e. The number of aryl methyl sites for hydroxylation is 3. The van der Waals surface area contributed by atoms with Crippen molar-refractivity contribution in [1.82, 2.24) is 9.97 Å². The maximum atomic E-state index is 13.5. The van der Waals surface area contributed by atoms with Gasteiger partial charge in [-0.15, -0.1) is 0 Å². The van der Waals surface area contributed by atoms with Crippen molar-refractivity contribution in [3.63, 3.8) is 0 Å². The van der Waals surface area contributed by atoms with Gasteiger partial charge >= 0.3 is 0 Å². The van der Waals surface area contributed by atoms with E-state index in [0.29, 0.717) is 23.3 Å². The van der Waals surface area contributed by atoms with E-state index < -0.39 is 11.7 Å². The number of carbonyl (C=O) groups is 1. The van der Waals surface area contributed by atoms with Crippen LogP contribution in [0.4, 0.5) is 10.1 Å². The highest BCUT2D eigenvalue weighted by Gasteiger charge is 2.19. The largest absolute Gasteiger partial charge is 0.476 e. The van der Waals surface area contributed by atoms with Gasteiger partial charge in [-0.1, -0.05) is 6.07 Å². The molecule has 0 saturated heterocycles. The van der Waals surface area contributed by atoms with E-state index in [0.717, 1.165) is 16.7 Å². The lowest BCUT2D eigenvalue weighted by molar-refractivity contribution is 0.101. The molecule has 0 bridgehead atoms. The summed E-state index contributed by atoms with van der Waals surface area (Å²) < 4.78 is 19.0. The zero-order valence-corrected chi connectivity index (χ0v) is 15.2. The third-order valence-corrected chi connectivity index (χ3v) is 4.19. The molecule has 2 aromatic carbocycles. The van der Waals surface area contributed by atoms with Gasteiger partial charge in [0, 0.05) is 5.69 Å². The Kier molecular flexibility index (Phi) is 4.84. The average Bonchev–Trinajstić information content (AvgIpc) is 2.59. The van der Waals surface area contributed by atoms with Crippen molar-refractivity contribution in [2.45, 2.75) is 27.7 Å². The molecule has 0 radical (unpaired) electrons. The second-order valence-electron chi connectivity index (χ2n) is 6.15. The number of ether oxygens (including phenoxy) is 1. The van der Waals surface area contributed by atoms with Crippen molar-refractivity contribution >= 4 is 22.6 Å². The fourth-order valence-electron chi connectivity index (χ4n) is 2.59. The van der Waals surface area contributed by atoms with Crippen LogP contribution in [-0.4, -0.2) is 22.5 Å². The van der Waals surface area contributed by atoms with Gasteiger partial charge in [0.15, 0.2) is 5.69 Å². The van der Waals surface area contributed by atoms with Crippen LogP contribution in [0.5, 0.6) is 5.88 Å². The number of fused-ring (bicyclic) bond motifs is 1. The van der Waals surface area contributed by atoms with Gasteiger partial charge in [-0.25, -0.2) is 14.4 Å². The molecule has 3 aromatic rings. The number of rotatable bonds is 4. The van der Waals surface area contributed by atoms with E-state index >= 15 is 0 Å². The number of nitrogens with one attached hydrogen (secondary N) is 1. The number of amides is 1. The molecule has 1 amide bonds. The normalized spacial score (nSPS) is 10.8.